The fourth-order valence-corrected chi connectivity index (χ4v) is 2.34. The Labute approximate surface area is 137 Å². The Balaban J connectivity index is 2.84. The Bertz CT molecular complexity index is 714. The minimum absolute atomic E-state index is 0.930. The van der Waals surface area contributed by atoms with E-state index in [9.17, 15) is 0 Å². The molecular formula is C18H23N3S. The van der Waals surface area contributed by atoms with Crippen LogP contribution in [0.2, 0.25) is 0 Å². The average molecular weight is 313 g/mol. The van der Waals surface area contributed by atoms with Crippen LogP contribution in [-0.4, -0.2) is 30.2 Å². The Morgan fingerprint density at radius 2 is 2.09 bits per heavy atom. The number of hydrogen-bond acceptors (Lipinski definition) is 4. The van der Waals surface area contributed by atoms with E-state index in [1.54, 1.807) is 31.2 Å². The van der Waals surface area contributed by atoms with Crippen LogP contribution < -0.4 is 10.4 Å². The first kappa shape index (κ1) is 18.0. The molecule has 1 aromatic rings. The van der Waals surface area contributed by atoms with Crippen molar-refractivity contribution in [1.82, 2.24) is 9.88 Å². The highest BCUT2D eigenvalue weighted by Gasteiger charge is 1.96. The Hall–Kier alpha value is -2.07. The monoisotopic (exact) mass is 313 g/mol. The molecule has 0 aliphatic rings. The van der Waals surface area contributed by atoms with Gasteiger partial charge in [0.15, 0.2) is 0 Å². The van der Waals surface area contributed by atoms with E-state index in [1.807, 2.05) is 25.5 Å². The summed E-state index contributed by atoms with van der Waals surface area (Å²) in [5, 5.41) is 1.98. The average Bonchev–Trinajstić information content (AvgIpc) is 2.47. The topological polar surface area (TPSA) is 28.5 Å². The SMILES string of the molecule is C=C(C=NC)S/C(C)=C/C=C(/C)N(C)/C=c1/cnccc1=C. The number of hydrogen-bond donors (Lipinski definition) is 0. The molecule has 0 unspecified atom stereocenters. The summed E-state index contributed by atoms with van der Waals surface area (Å²) in [6.07, 6.45) is 11.5. The van der Waals surface area contributed by atoms with Gasteiger partial charge < -0.3 is 4.90 Å². The zero-order valence-electron chi connectivity index (χ0n) is 13.7. The third kappa shape index (κ3) is 6.14. The summed E-state index contributed by atoms with van der Waals surface area (Å²) in [5.74, 6) is 0. The molecule has 116 valence electrons. The maximum atomic E-state index is 4.13. The Morgan fingerprint density at radius 1 is 1.36 bits per heavy atom. The van der Waals surface area contributed by atoms with Gasteiger partial charge in [0.05, 0.1) is 0 Å². The largest absolute Gasteiger partial charge is 0.354 e. The zero-order valence-corrected chi connectivity index (χ0v) is 14.5. The van der Waals surface area contributed by atoms with Crippen molar-refractivity contribution in [3.8, 4) is 0 Å². The number of aromatic nitrogens is 1. The van der Waals surface area contributed by atoms with Gasteiger partial charge in [-0.25, -0.2) is 0 Å². The molecule has 0 fully saturated rings. The van der Waals surface area contributed by atoms with Crippen molar-refractivity contribution in [1.29, 1.82) is 0 Å². The van der Waals surface area contributed by atoms with E-state index in [0.717, 1.165) is 25.9 Å². The highest BCUT2D eigenvalue weighted by atomic mass is 32.2. The summed E-state index contributed by atoms with van der Waals surface area (Å²) in [4.78, 5) is 12.2. The highest BCUT2D eigenvalue weighted by molar-refractivity contribution is 8.07. The van der Waals surface area contributed by atoms with Gasteiger partial charge in [-0.05, 0) is 36.1 Å². The van der Waals surface area contributed by atoms with Crippen molar-refractivity contribution in [2.75, 3.05) is 14.1 Å². The molecule has 1 heterocycles. The summed E-state index contributed by atoms with van der Waals surface area (Å²) in [6.45, 7) is 12.1. The molecule has 0 saturated heterocycles. The molecule has 0 bridgehead atoms. The lowest BCUT2D eigenvalue weighted by molar-refractivity contribution is 0.618. The van der Waals surface area contributed by atoms with Crippen molar-refractivity contribution in [3.63, 3.8) is 0 Å². The number of pyridine rings is 1. The van der Waals surface area contributed by atoms with E-state index in [4.69, 9.17) is 0 Å². The summed E-state index contributed by atoms with van der Waals surface area (Å²) in [5.41, 5.74) is 1.12. The lowest BCUT2D eigenvalue weighted by Gasteiger charge is -2.14. The van der Waals surface area contributed by atoms with E-state index in [0.29, 0.717) is 0 Å². The summed E-state index contributed by atoms with van der Waals surface area (Å²) in [7, 11) is 3.76. The lowest BCUT2D eigenvalue weighted by atomic mass is 10.3. The molecular weight excluding hydrogens is 290 g/mol. The van der Waals surface area contributed by atoms with Crippen molar-refractivity contribution < 1.29 is 0 Å². The minimum atomic E-state index is 0.930. The van der Waals surface area contributed by atoms with Crippen LogP contribution in [0.4, 0.5) is 0 Å². The number of nitrogens with zero attached hydrogens (tertiary/aromatic N) is 3. The van der Waals surface area contributed by atoms with Crippen molar-refractivity contribution in [2.45, 2.75) is 13.8 Å². The number of allylic oxidation sites excluding steroid dienone is 5. The molecule has 0 radical (unpaired) electrons. The van der Waals surface area contributed by atoms with Crippen LogP contribution >= 0.6 is 11.8 Å². The second-order valence-corrected chi connectivity index (χ2v) is 6.23. The molecule has 0 N–H and O–H groups in total. The summed E-state index contributed by atoms with van der Waals surface area (Å²) in [6, 6.07) is 1.90. The molecule has 3 nitrogen and oxygen atoms in total. The molecule has 0 atom stereocenters. The van der Waals surface area contributed by atoms with Gasteiger partial charge in [-0.15, -0.1) is 0 Å². The van der Waals surface area contributed by atoms with Gasteiger partial charge >= 0.3 is 0 Å². The van der Waals surface area contributed by atoms with Gasteiger partial charge in [0.2, 0.25) is 0 Å². The van der Waals surface area contributed by atoms with Gasteiger partial charge in [-0.2, -0.15) is 0 Å². The van der Waals surface area contributed by atoms with Crippen molar-refractivity contribution in [2.24, 2.45) is 4.99 Å². The second-order valence-electron chi connectivity index (χ2n) is 4.86. The lowest BCUT2D eigenvalue weighted by Crippen LogP contribution is -2.26. The molecule has 1 aromatic heterocycles. The quantitative estimate of drug-likeness (QED) is 0.597. The van der Waals surface area contributed by atoms with E-state index >= 15 is 0 Å². The van der Waals surface area contributed by atoms with Crippen LogP contribution in [0.3, 0.4) is 0 Å². The van der Waals surface area contributed by atoms with Gasteiger partial charge in [0.25, 0.3) is 0 Å². The third-order valence-corrected chi connectivity index (χ3v) is 3.79. The van der Waals surface area contributed by atoms with Crippen molar-refractivity contribution >= 4 is 30.8 Å². The minimum Gasteiger partial charge on any atom is -0.354 e. The molecule has 1 rings (SSSR count). The van der Waals surface area contributed by atoms with Crippen LogP contribution in [0.1, 0.15) is 13.8 Å². The zero-order chi connectivity index (χ0) is 16.5. The van der Waals surface area contributed by atoms with Crippen molar-refractivity contribution in [3.05, 3.63) is 63.1 Å². The van der Waals surface area contributed by atoms with Gasteiger partial charge in [0, 0.05) is 54.7 Å². The first-order valence-corrected chi connectivity index (χ1v) is 7.73. The molecule has 0 aliphatic heterocycles. The number of aliphatic imine (C=N–C) groups is 1. The molecule has 0 aliphatic carbocycles. The van der Waals surface area contributed by atoms with Crippen LogP contribution in [0, 0.1) is 0 Å². The molecule has 0 aromatic carbocycles. The maximum absolute atomic E-state index is 4.13. The van der Waals surface area contributed by atoms with E-state index in [1.165, 1.54) is 0 Å². The van der Waals surface area contributed by atoms with Crippen LogP contribution in [-0.2, 0) is 0 Å². The van der Waals surface area contributed by atoms with E-state index in [2.05, 4.69) is 54.0 Å². The van der Waals surface area contributed by atoms with Gasteiger partial charge in [-0.1, -0.05) is 31.0 Å². The Morgan fingerprint density at radius 3 is 2.73 bits per heavy atom. The van der Waals surface area contributed by atoms with Gasteiger partial charge in [-0.3, -0.25) is 9.98 Å². The van der Waals surface area contributed by atoms with Gasteiger partial charge in [0.1, 0.15) is 0 Å². The normalized spacial score (nSPS) is 13.7. The smallest absolute Gasteiger partial charge is 0.0360 e. The predicted octanol–water partition coefficient (Wildman–Crippen LogP) is 2.92. The molecule has 0 amide bonds. The Kier molecular flexibility index (Phi) is 7.40. The molecule has 22 heavy (non-hydrogen) atoms. The number of rotatable bonds is 6. The predicted molar refractivity (Wildman–Crippen MR) is 99.9 cm³/mol. The van der Waals surface area contributed by atoms with E-state index < -0.39 is 0 Å². The van der Waals surface area contributed by atoms with Crippen LogP contribution in [0.5, 0.6) is 0 Å². The standard InChI is InChI=1S/C18H23N3S/c1-14-9-10-20-12-18(14)13-21(6)15(2)7-8-16(3)22-17(4)11-19-5/h7-13H,1,4H2,2-3,5-6H3/b15-7-,16-8+,18-13-,19-11?. The second kappa shape index (κ2) is 9.05. The molecule has 0 spiro atoms. The summed E-state index contributed by atoms with van der Waals surface area (Å²) < 4.78 is 0. The first-order chi connectivity index (χ1) is 10.4. The highest BCUT2D eigenvalue weighted by Crippen LogP contribution is 2.22. The molecule has 4 heteroatoms. The summed E-state index contributed by atoms with van der Waals surface area (Å²) >= 11 is 1.61. The molecule has 0 saturated carbocycles. The van der Waals surface area contributed by atoms with E-state index in [-0.39, 0.29) is 0 Å². The first-order valence-electron chi connectivity index (χ1n) is 6.91. The van der Waals surface area contributed by atoms with Crippen LogP contribution in [0.25, 0.3) is 12.8 Å². The maximum Gasteiger partial charge on any atom is 0.0360 e. The fourth-order valence-electron chi connectivity index (χ4n) is 1.63. The third-order valence-electron chi connectivity index (χ3n) is 2.96. The van der Waals surface area contributed by atoms with Crippen LogP contribution in [0.15, 0.2) is 57.7 Å². The number of thioether (sulfide) groups is 1. The fraction of sp³-hybridized carbons (Fsp3) is 0.222.